The average Bonchev–Trinajstić information content (AvgIpc) is 3.17. The lowest BCUT2D eigenvalue weighted by molar-refractivity contribution is -0.139. The van der Waals surface area contributed by atoms with Crippen molar-refractivity contribution in [2.24, 2.45) is 0 Å². The number of methoxy groups -OCH3 is 1. The summed E-state index contributed by atoms with van der Waals surface area (Å²) in [5.41, 5.74) is 0.812. The van der Waals surface area contributed by atoms with Crippen LogP contribution in [0.1, 0.15) is 42.2 Å². The van der Waals surface area contributed by atoms with Crippen LogP contribution in [0.25, 0.3) is 0 Å². The molecule has 2 aliphatic rings. The van der Waals surface area contributed by atoms with Gasteiger partial charge in [0, 0.05) is 24.6 Å². The predicted molar refractivity (Wildman–Crippen MR) is 77.7 cm³/mol. The maximum absolute atomic E-state index is 11.3. The van der Waals surface area contributed by atoms with Gasteiger partial charge in [-0.1, -0.05) is 0 Å². The summed E-state index contributed by atoms with van der Waals surface area (Å²) >= 11 is 1.68. The first-order chi connectivity index (χ1) is 9.70. The van der Waals surface area contributed by atoms with Crippen LogP contribution in [0.2, 0.25) is 0 Å². The number of carboxylic acid groups (broad SMARTS) is 1. The molecule has 110 valence electrons. The molecule has 0 saturated heterocycles. The molecule has 1 heterocycles. The molecule has 1 saturated carbocycles. The van der Waals surface area contributed by atoms with Gasteiger partial charge < -0.3 is 14.7 Å². The smallest absolute Gasteiger partial charge is 0.312 e. The quantitative estimate of drug-likeness (QED) is 0.872. The van der Waals surface area contributed by atoms with Crippen molar-refractivity contribution in [1.29, 1.82) is 0 Å². The molecule has 20 heavy (non-hydrogen) atoms. The van der Waals surface area contributed by atoms with Crippen LogP contribution in [-0.4, -0.2) is 42.4 Å². The molecular formula is C14H20N2O3S. The fraction of sp³-hybridized carbons (Fsp3) is 0.714. The van der Waals surface area contributed by atoms with Crippen LogP contribution >= 0.6 is 11.3 Å². The summed E-state index contributed by atoms with van der Waals surface area (Å²) in [5, 5.41) is 10.3. The number of fused-ring (bicyclic) bond motifs is 1. The summed E-state index contributed by atoms with van der Waals surface area (Å²) < 4.78 is 5.17. The fourth-order valence-corrected chi connectivity index (χ4v) is 4.04. The van der Waals surface area contributed by atoms with Crippen molar-refractivity contribution >= 4 is 22.4 Å². The molecule has 1 fully saturated rings. The number of hydrogen-bond donors (Lipinski definition) is 1. The number of hydrogen-bond acceptors (Lipinski definition) is 5. The number of aromatic nitrogens is 1. The van der Waals surface area contributed by atoms with E-state index in [2.05, 4.69) is 9.88 Å². The molecular weight excluding hydrogens is 276 g/mol. The number of nitrogens with zero attached hydrogens (tertiary/aromatic N) is 2. The van der Waals surface area contributed by atoms with Crippen LogP contribution in [0.15, 0.2) is 0 Å². The van der Waals surface area contributed by atoms with Crippen molar-refractivity contribution in [2.75, 3.05) is 25.2 Å². The van der Waals surface area contributed by atoms with Crippen LogP contribution in [0.4, 0.5) is 5.13 Å². The molecule has 6 heteroatoms. The van der Waals surface area contributed by atoms with Gasteiger partial charge in [0.15, 0.2) is 5.13 Å². The second kappa shape index (κ2) is 5.69. The Bertz CT molecular complexity index is 499. The Morgan fingerprint density at radius 3 is 2.95 bits per heavy atom. The Balaban J connectivity index is 1.85. The molecule has 0 radical (unpaired) electrons. The third-order valence-corrected chi connectivity index (χ3v) is 5.18. The van der Waals surface area contributed by atoms with Crippen molar-refractivity contribution in [3.8, 4) is 0 Å². The van der Waals surface area contributed by atoms with Crippen LogP contribution in [0.3, 0.4) is 0 Å². The standard InChI is InChI=1S/C14H20N2O3S/c1-19-8-7-16(9-5-6-9)14-15-12-10(13(17)18)3-2-4-11(12)20-14/h9-10H,2-8H2,1H3,(H,17,18). The molecule has 1 aromatic rings. The Kier molecular flexibility index (Phi) is 3.94. The molecule has 0 amide bonds. The maximum Gasteiger partial charge on any atom is 0.312 e. The first-order valence-corrected chi connectivity index (χ1v) is 8.00. The van der Waals surface area contributed by atoms with Gasteiger partial charge in [0.1, 0.15) is 5.92 Å². The van der Waals surface area contributed by atoms with E-state index in [4.69, 9.17) is 4.74 Å². The second-order valence-electron chi connectivity index (χ2n) is 5.51. The number of carboxylic acids is 1. The van der Waals surface area contributed by atoms with Gasteiger partial charge in [-0.25, -0.2) is 4.98 Å². The van der Waals surface area contributed by atoms with E-state index >= 15 is 0 Å². The number of aliphatic carboxylic acids is 1. The van der Waals surface area contributed by atoms with Crippen LogP contribution < -0.4 is 4.90 Å². The average molecular weight is 296 g/mol. The van der Waals surface area contributed by atoms with Crippen molar-refractivity contribution in [2.45, 2.75) is 44.1 Å². The minimum Gasteiger partial charge on any atom is -0.481 e. The van der Waals surface area contributed by atoms with Crippen LogP contribution in [0.5, 0.6) is 0 Å². The summed E-state index contributed by atoms with van der Waals surface area (Å²) in [6.07, 6.45) is 5.05. The molecule has 0 bridgehead atoms. The zero-order valence-corrected chi connectivity index (χ0v) is 12.5. The molecule has 5 nitrogen and oxygen atoms in total. The highest BCUT2D eigenvalue weighted by Gasteiger charge is 2.34. The van der Waals surface area contributed by atoms with Gasteiger partial charge in [-0.2, -0.15) is 0 Å². The second-order valence-corrected chi connectivity index (χ2v) is 6.57. The van der Waals surface area contributed by atoms with E-state index in [1.165, 1.54) is 17.7 Å². The normalized spacial score (nSPS) is 21.6. The maximum atomic E-state index is 11.3. The Hall–Kier alpha value is -1.14. The van der Waals surface area contributed by atoms with Gasteiger partial charge >= 0.3 is 5.97 Å². The number of ether oxygens (including phenoxy) is 1. The lowest BCUT2D eigenvalue weighted by atomic mass is 9.91. The first kappa shape index (κ1) is 13.8. The Morgan fingerprint density at radius 1 is 1.50 bits per heavy atom. The Labute approximate surface area is 122 Å². The lowest BCUT2D eigenvalue weighted by Crippen LogP contribution is -2.29. The topological polar surface area (TPSA) is 62.7 Å². The number of carbonyl (C=O) groups is 1. The minimum absolute atomic E-state index is 0.410. The summed E-state index contributed by atoms with van der Waals surface area (Å²) in [4.78, 5) is 19.5. The monoisotopic (exact) mass is 296 g/mol. The highest BCUT2D eigenvalue weighted by Crippen LogP contribution is 2.40. The predicted octanol–water partition coefficient (Wildman–Crippen LogP) is 2.26. The van der Waals surface area contributed by atoms with E-state index in [1.807, 2.05) is 0 Å². The number of rotatable bonds is 6. The molecule has 1 aromatic heterocycles. The summed E-state index contributed by atoms with van der Waals surface area (Å²) in [6, 6.07) is 0.570. The largest absolute Gasteiger partial charge is 0.481 e. The molecule has 1 N–H and O–H groups in total. The van der Waals surface area contributed by atoms with Gasteiger partial charge in [-0.15, -0.1) is 11.3 Å². The lowest BCUT2D eigenvalue weighted by Gasteiger charge is -2.20. The van der Waals surface area contributed by atoms with E-state index in [0.717, 1.165) is 30.2 Å². The van der Waals surface area contributed by atoms with Gasteiger partial charge in [0.2, 0.25) is 0 Å². The summed E-state index contributed by atoms with van der Waals surface area (Å²) in [6.45, 7) is 1.52. The van der Waals surface area contributed by atoms with Crippen molar-refractivity contribution in [3.05, 3.63) is 10.6 Å². The van der Waals surface area contributed by atoms with E-state index in [-0.39, 0.29) is 0 Å². The molecule has 1 unspecified atom stereocenters. The van der Waals surface area contributed by atoms with Crippen molar-refractivity contribution < 1.29 is 14.6 Å². The molecule has 0 aliphatic heterocycles. The van der Waals surface area contributed by atoms with Crippen molar-refractivity contribution in [3.63, 3.8) is 0 Å². The molecule has 2 aliphatic carbocycles. The van der Waals surface area contributed by atoms with Crippen LogP contribution in [-0.2, 0) is 16.0 Å². The van der Waals surface area contributed by atoms with E-state index in [1.54, 1.807) is 18.4 Å². The van der Waals surface area contributed by atoms with Crippen LogP contribution in [0, 0.1) is 0 Å². The van der Waals surface area contributed by atoms with Gasteiger partial charge in [-0.05, 0) is 32.1 Å². The number of aryl methyl sites for hydroxylation is 1. The highest BCUT2D eigenvalue weighted by atomic mass is 32.1. The first-order valence-electron chi connectivity index (χ1n) is 7.18. The van der Waals surface area contributed by atoms with E-state index < -0.39 is 11.9 Å². The molecule has 0 spiro atoms. The molecule has 3 rings (SSSR count). The summed E-state index contributed by atoms with van der Waals surface area (Å²) in [5.74, 6) is -1.15. The Morgan fingerprint density at radius 2 is 2.30 bits per heavy atom. The third-order valence-electron chi connectivity index (χ3n) is 4.01. The zero-order valence-electron chi connectivity index (χ0n) is 11.7. The SMILES string of the molecule is COCCN(c1nc2c(s1)CCCC2C(=O)O)C1CC1. The summed E-state index contributed by atoms with van der Waals surface area (Å²) in [7, 11) is 1.71. The molecule has 0 aromatic carbocycles. The zero-order chi connectivity index (χ0) is 14.1. The fourth-order valence-electron chi connectivity index (χ4n) is 2.78. The third kappa shape index (κ3) is 2.67. The van der Waals surface area contributed by atoms with Gasteiger partial charge in [0.05, 0.1) is 12.3 Å². The van der Waals surface area contributed by atoms with Crippen molar-refractivity contribution in [1.82, 2.24) is 4.98 Å². The van der Waals surface area contributed by atoms with Gasteiger partial charge in [0.25, 0.3) is 0 Å². The minimum atomic E-state index is -0.738. The molecule has 1 atom stereocenters. The van der Waals surface area contributed by atoms with E-state index in [0.29, 0.717) is 19.1 Å². The van der Waals surface area contributed by atoms with E-state index in [9.17, 15) is 9.90 Å². The van der Waals surface area contributed by atoms with Gasteiger partial charge in [-0.3, -0.25) is 4.79 Å². The highest BCUT2D eigenvalue weighted by molar-refractivity contribution is 7.15. The number of anilines is 1. The number of thiazole rings is 1.